The molecule has 2 rings (SSSR count). The van der Waals surface area contributed by atoms with Gasteiger partial charge in [0.05, 0.1) is 24.6 Å². The van der Waals surface area contributed by atoms with Gasteiger partial charge >= 0.3 is 0 Å². The van der Waals surface area contributed by atoms with Gasteiger partial charge in [-0.2, -0.15) is 0 Å². The van der Waals surface area contributed by atoms with E-state index in [0.717, 1.165) is 10.8 Å². The molecule has 0 aliphatic rings. The van der Waals surface area contributed by atoms with E-state index in [2.05, 4.69) is 27.7 Å². The maximum atomic E-state index is 11.2. The van der Waals surface area contributed by atoms with Crippen molar-refractivity contribution >= 4 is 18.0 Å². The van der Waals surface area contributed by atoms with Gasteiger partial charge in [0.25, 0.3) is 0 Å². The Bertz CT molecular complexity index is 594. The highest BCUT2D eigenvalue weighted by Gasteiger charge is 2.34. The van der Waals surface area contributed by atoms with E-state index in [4.69, 9.17) is 0 Å². The summed E-state index contributed by atoms with van der Waals surface area (Å²) in [7, 11) is -0.562. The summed E-state index contributed by atoms with van der Waals surface area (Å²) in [5.41, 5.74) is 0. The first-order valence-electron chi connectivity index (χ1n) is 11.6. The van der Waals surface area contributed by atoms with Gasteiger partial charge in [-0.25, -0.2) is 0 Å². The van der Waals surface area contributed by atoms with Crippen molar-refractivity contribution in [3.63, 3.8) is 0 Å². The number of fused-ring (bicyclic) bond motifs is 1. The molecule has 0 aromatic heterocycles. The first-order chi connectivity index (χ1) is 13.6. The lowest BCUT2D eigenvalue weighted by Crippen LogP contribution is -2.12. The minimum atomic E-state index is -0.562. The molecule has 0 fully saturated rings. The zero-order valence-corrected chi connectivity index (χ0v) is 19.8. The summed E-state index contributed by atoms with van der Waals surface area (Å²) in [6.45, 7) is 9.42. The Morgan fingerprint density at radius 2 is 1.04 bits per heavy atom. The smallest absolute Gasteiger partial charge is 0.0594 e. The minimum Gasteiger partial charge on any atom is -0.872 e. The van der Waals surface area contributed by atoms with Crippen LogP contribution >= 0.6 is 7.26 Å². The summed E-state index contributed by atoms with van der Waals surface area (Å²) in [6.07, 6.45) is 17.9. The molecule has 28 heavy (non-hydrogen) atoms. The molecule has 1 nitrogen and oxygen atoms in total. The fourth-order valence-electron chi connectivity index (χ4n) is 3.84. The average Bonchev–Trinajstić information content (AvgIpc) is 2.73. The van der Waals surface area contributed by atoms with Crippen molar-refractivity contribution in [3.8, 4) is 5.75 Å². The van der Waals surface area contributed by atoms with E-state index in [9.17, 15) is 5.11 Å². The van der Waals surface area contributed by atoms with Gasteiger partial charge < -0.3 is 5.11 Å². The highest BCUT2D eigenvalue weighted by Crippen LogP contribution is 2.61. The molecule has 0 saturated carbocycles. The van der Waals surface area contributed by atoms with E-state index in [1.807, 2.05) is 30.3 Å². The Kier molecular flexibility index (Phi) is 13.3. The van der Waals surface area contributed by atoms with Gasteiger partial charge in [0.1, 0.15) is 0 Å². The molecule has 2 heteroatoms. The predicted octanol–water partition coefficient (Wildman–Crippen LogP) is 8.12. The maximum absolute atomic E-state index is 11.2. The van der Waals surface area contributed by atoms with Crippen molar-refractivity contribution < 1.29 is 5.11 Å². The first-order valence-corrected chi connectivity index (χ1v) is 14.1. The van der Waals surface area contributed by atoms with E-state index in [1.165, 1.54) is 51.4 Å². The minimum absolute atomic E-state index is 0.100. The van der Waals surface area contributed by atoms with Crippen molar-refractivity contribution in [2.24, 2.45) is 0 Å². The number of rotatable bonds is 12. The zero-order chi connectivity index (χ0) is 20.7. The van der Waals surface area contributed by atoms with E-state index in [1.54, 1.807) is 36.8 Å². The van der Waals surface area contributed by atoms with Crippen molar-refractivity contribution in [2.45, 2.75) is 79.1 Å². The van der Waals surface area contributed by atoms with Crippen LogP contribution in [0, 0.1) is 0 Å². The molecular weight excluding hydrogens is 359 g/mol. The van der Waals surface area contributed by atoms with Crippen LogP contribution in [0.15, 0.2) is 42.5 Å². The standard InChI is InChI=1S/C16H36P.C10H8O/c1-5-9-13-17(14-10-6-2,15-11-7-3)16-12-8-4;11-10-7-3-5-8-4-1-2-6-9(8)10/h5-16H2,1-4H3;1-7,11H/q+1;/p-1. The average molecular weight is 403 g/mol. The van der Waals surface area contributed by atoms with Gasteiger partial charge in [-0.3, -0.25) is 0 Å². The van der Waals surface area contributed by atoms with E-state index in [0.29, 0.717) is 0 Å². The van der Waals surface area contributed by atoms with Gasteiger partial charge in [-0.1, -0.05) is 95.8 Å². The van der Waals surface area contributed by atoms with Gasteiger partial charge in [0, 0.05) is 7.26 Å². The second kappa shape index (κ2) is 14.9. The molecule has 2 aromatic rings. The van der Waals surface area contributed by atoms with Gasteiger partial charge in [-0.15, -0.1) is 5.75 Å². The largest absolute Gasteiger partial charge is 0.872 e. The lowest BCUT2D eigenvalue weighted by molar-refractivity contribution is -0.265. The molecule has 0 bridgehead atoms. The molecule has 0 spiro atoms. The number of hydrogen-bond donors (Lipinski definition) is 0. The van der Waals surface area contributed by atoms with Crippen LogP contribution in [0.4, 0.5) is 0 Å². The summed E-state index contributed by atoms with van der Waals surface area (Å²) < 4.78 is 0. The summed E-state index contributed by atoms with van der Waals surface area (Å²) in [4.78, 5) is 0. The van der Waals surface area contributed by atoms with E-state index >= 15 is 0 Å². The van der Waals surface area contributed by atoms with Gasteiger partial charge in [0.2, 0.25) is 0 Å². The monoisotopic (exact) mass is 402 g/mol. The van der Waals surface area contributed by atoms with Gasteiger partial charge in [0.15, 0.2) is 0 Å². The van der Waals surface area contributed by atoms with Crippen LogP contribution < -0.4 is 5.11 Å². The van der Waals surface area contributed by atoms with Crippen molar-refractivity contribution in [2.75, 3.05) is 24.6 Å². The lowest BCUT2D eigenvalue weighted by atomic mass is 10.1. The normalized spacial score (nSPS) is 11.3. The topological polar surface area (TPSA) is 23.1 Å². The first kappa shape index (κ1) is 25.0. The fourth-order valence-corrected chi connectivity index (χ4v) is 9.13. The molecule has 0 atom stereocenters. The second-order valence-corrected chi connectivity index (χ2v) is 12.6. The molecule has 2 aromatic carbocycles. The number of hydrogen-bond acceptors (Lipinski definition) is 1. The Morgan fingerprint density at radius 1 is 0.607 bits per heavy atom. The van der Waals surface area contributed by atoms with Crippen LogP contribution in [0.25, 0.3) is 10.8 Å². The lowest BCUT2D eigenvalue weighted by Gasteiger charge is -2.28. The third-order valence-corrected chi connectivity index (χ3v) is 10.8. The van der Waals surface area contributed by atoms with Gasteiger partial charge in [-0.05, 0) is 36.5 Å². The third-order valence-electron chi connectivity index (χ3n) is 5.69. The van der Waals surface area contributed by atoms with Crippen LogP contribution in [-0.4, -0.2) is 24.6 Å². The summed E-state index contributed by atoms with van der Waals surface area (Å²) >= 11 is 0. The van der Waals surface area contributed by atoms with Crippen LogP contribution in [0.5, 0.6) is 5.75 Å². The maximum Gasteiger partial charge on any atom is 0.0594 e. The molecule has 0 radical (unpaired) electrons. The second-order valence-electron chi connectivity index (χ2n) is 8.13. The molecule has 0 heterocycles. The molecule has 0 N–H and O–H groups in total. The molecule has 0 unspecified atom stereocenters. The number of unbranched alkanes of at least 4 members (excludes halogenated alkanes) is 4. The molecule has 0 aliphatic heterocycles. The summed E-state index contributed by atoms with van der Waals surface area (Å²) in [5, 5.41) is 13.0. The van der Waals surface area contributed by atoms with Crippen LogP contribution in [0.2, 0.25) is 0 Å². The van der Waals surface area contributed by atoms with Crippen molar-refractivity contribution in [1.29, 1.82) is 0 Å². The zero-order valence-electron chi connectivity index (χ0n) is 18.9. The Labute approximate surface area is 175 Å². The van der Waals surface area contributed by atoms with Crippen molar-refractivity contribution in [1.82, 2.24) is 0 Å². The SMILES string of the molecule is CCCC[P+](CCCC)(CCCC)CCCC.[O-]c1cccc2ccccc12. The Hall–Kier alpha value is -1.07. The van der Waals surface area contributed by atoms with Crippen LogP contribution in [0.3, 0.4) is 0 Å². The molecule has 0 saturated heterocycles. The van der Waals surface area contributed by atoms with E-state index in [-0.39, 0.29) is 5.75 Å². The fraction of sp³-hybridized carbons (Fsp3) is 0.615. The molecule has 158 valence electrons. The molecular formula is C26H43OP. The highest BCUT2D eigenvalue weighted by molar-refractivity contribution is 7.75. The number of benzene rings is 2. The molecule has 0 amide bonds. The third kappa shape index (κ3) is 8.95. The summed E-state index contributed by atoms with van der Waals surface area (Å²) in [5.74, 6) is 0.100. The summed E-state index contributed by atoms with van der Waals surface area (Å²) in [6, 6.07) is 12.9. The predicted molar refractivity (Wildman–Crippen MR) is 129 cm³/mol. The Morgan fingerprint density at radius 3 is 1.46 bits per heavy atom. The molecule has 0 aliphatic carbocycles. The van der Waals surface area contributed by atoms with Crippen molar-refractivity contribution in [3.05, 3.63) is 42.5 Å². The highest BCUT2D eigenvalue weighted by atomic mass is 31.2. The van der Waals surface area contributed by atoms with Crippen LogP contribution in [-0.2, 0) is 0 Å². The van der Waals surface area contributed by atoms with Crippen LogP contribution in [0.1, 0.15) is 79.1 Å². The Balaban J connectivity index is 0.000000302. The van der Waals surface area contributed by atoms with E-state index < -0.39 is 7.26 Å². The quantitative estimate of drug-likeness (QED) is 0.329.